The van der Waals surface area contributed by atoms with Crippen molar-refractivity contribution in [3.05, 3.63) is 41.6 Å². The number of hydrogen-bond donors (Lipinski definition) is 1. The van der Waals surface area contributed by atoms with Crippen molar-refractivity contribution in [3.8, 4) is 5.69 Å². The van der Waals surface area contributed by atoms with Crippen molar-refractivity contribution >= 4 is 5.82 Å². The molecule has 1 heterocycles. The number of hydrogen-bond acceptors (Lipinski definition) is 3. The molecule has 2 aromatic rings. The number of unbranched alkanes of at least 4 members (excludes halogenated alkanes) is 1. The second kappa shape index (κ2) is 7.27. The van der Waals surface area contributed by atoms with E-state index < -0.39 is 0 Å². The van der Waals surface area contributed by atoms with Gasteiger partial charge in [-0.3, -0.25) is 0 Å². The fraction of sp³-hybridized carbons (Fsp3) is 0.471. The van der Waals surface area contributed by atoms with E-state index >= 15 is 0 Å². The van der Waals surface area contributed by atoms with Gasteiger partial charge in [0.1, 0.15) is 5.82 Å². The third-order valence-corrected chi connectivity index (χ3v) is 3.72. The first-order valence-electron chi connectivity index (χ1n) is 7.68. The molecular weight excluding hydrogens is 260 g/mol. The van der Waals surface area contributed by atoms with Gasteiger partial charge in [-0.25, -0.2) is 4.68 Å². The fourth-order valence-corrected chi connectivity index (χ4v) is 2.57. The summed E-state index contributed by atoms with van der Waals surface area (Å²) in [6.45, 7) is 6.20. The number of aryl methyl sites for hydroxylation is 1. The largest absolute Gasteiger partial charge is 0.359 e. The topological polar surface area (TPSA) is 33.1 Å². The average Bonchev–Trinajstić information content (AvgIpc) is 2.83. The van der Waals surface area contributed by atoms with E-state index in [9.17, 15) is 0 Å². The van der Waals surface area contributed by atoms with Crippen molar-refractivity contribution in [2.45, 2.75) is 33.2 Å². The molecule has 1 aromatic carbocycles. The quantitative estimate of drug-likeness (QED) is 0.849. The molecule has 0 radical (unpaired) electrons. The highest BCUT2D eigenvalue weighted by atomic mass is 15.4. The molecule has 4 nitrogen and oxygen atoms in total. The van der Waals surface area contributed by atoms with Crippen molar-refractivity contribution in [3.63, 3.8) is 0 Å². The first-order chi connectivity index (χ1) is 10.2. The Morgan fingerprint density at radius 3 is 2.57 bits per heavy atom. The molecule has 0 atom stereocenters. The zero-order valence-corrected chi connectivity index (χ0v) is 13.6. The minimum atomic E-state index is 0.838. The molecule has 0 aliphatic rings. The van der Waals surface area contributed by atoms with Crippen LogP contribution in [0.25, 0.3) is 5.69 Å². The maximum atomic E-state index is 4.76. The Labute approximate surface area is 127 Å². The lowest BCUT2D eigenvalue weighted by Crippen LogP contribution is -2.23. The summed E-state index contributed by atoms with van der Waals surface area (Å²) < 4.78 is 2.07. The van der Waals surface area contributed by atoms with Crippen LogP contribution in [-0.4, -0.2) is 30.4 Å². The van der Waals surface area contributed by atoms with Crippen LogP contribution in [0.1, 0.15) is 31.0 Å². The fourth-order valence-electron chi connectivity index (χ4n) is 2.57. The first-order valence-corrected chi connectivity index (χ1v) is 7.68. The molecule has 1 N–H and O–H groups in total. The summed E-state index contributed by atoms with van der Waals surface area (Å²) in [6.07, 6.45) is 2.39. The SMILES string of the molecule is CCCCN(C)c1c(CNC)c(C)nn1-c1ccccc1. The van der Waals surface area contributed by atoms with Gasteiger partial charge in [0.25, 0.3) is 0 Å². The Morgan fingerprint density at radius 1 is 1.24 bits per heavy atom. The van der Waals surface area contributed by atoms with Crippen LogP contribution in [0.3, 0.4) is 0 Å². The Bertz CT molecular complexity index is 560. The summed E-state index contributed by atoms with van der Waals surface area (Å²) in [5.41, 5.74) is 3.48. The predicted molar refractivity (Wildman–Crippen MR) is 89.2 cm³/mol. The third kappa shape index (κ3) is 3.45. The molecule has 2 rings (SSSR count). The van der Waals surface area contributed by atoms with E-state index in [2.05, 4.69) is 60.1 Å². The molecule has 0 bridgehead atoms. The van der Waals surface area contributed by atoms with Gasteiger partial charge >= 0.3 is 0 Å². The molecule has 0 aliphatic carbocycles. The van der Waals surface area contributed by atoms with Gasteiger partial charge in [0.05, 0.1) is 11.4 Å². The summed E-state index contributed by atoms with van der Waals surface area (Å²) in [7, 11) is 4.14. The molecule has 0 saturated heterocycles. The van der Waals surface area contributed by atoms with Crippen LogP contribution in [0.5, 0.6) is 0 Å². The van der Waals surface area contributed by atoms with Crippen LogP contribution in [0, 0.1) is 6.92 Å². The van der Waals surface area contributed by atoms with Crippen molar-refractivity contribution in [1.82, 2.24) is 15.1 Å². The molecule has 114 valence electrons. The summed E-state index contributed by atoms with van der Waals surface area (Å²) in [5.74, 6) is 1.20. The molecule has 0 saturated carbocycles. The molecule has 4 heteroatoms. The van der Waals surface area contributed by atoms with Gasteiger partial charge in [0, 0.05) is 25.7 Å². The zero-order valence-electron chi connectivity index (χ0n) is 13.6. The van der Waals surface area contributed by atoms with E-state index in [1.807, 2.05) is 13.1 Å². The van der Waals surface area contributed by atoms with E-state index in [4.69, 9.17) is 5.10 Å². The summed E-state index contributed by atoms with van der Waals surface area (Å²) in [6, 6.07) is 10.4. The predicted octanol–water partition coefficient (Wildman–Crippen LogP) is 3.14. The Morgan fingerprint density at radius 2 is 1.95 bits per heavy atom. The van der Waals surface area contributed by atoms with Crippen molar-refractivity contribution in [1.29, 1.82) is 0 Å². The lowest BCUT2D eigenvalue weighted by Gasteiger charge is -2.22. The molecule has 0 fully saturated rings. The second-order valence-electron chi connectivity index (χ2n) is 5.44. The van der Waals surface area contributed by atoms with Gasteiger partial charge in [-0.05, 0) is 32.5 Å². The standard InChI is InChI=1S/C17H26N4/c1-5-6-12-20(4)17-16(13-18-3)14(2)19-21(17)15-10-8-7-9-11-15/h7-11,18H,5-6,12-13H2,1-4H3. The first kappa shape index (κ1) is 15.6. The monoisotopic (exact) mass is 286 g/mol. The molecular formula is C17H26N4. The van der Waals surface area contributed by atoms with Crippen LogP contribution in [0.2, 0.25) is 0 Å². The van der Waals surface area contributed by atoms with Gasteiger partial charge < -0.3 is 10.2 Å². The highest BCUT2D eigenvalue weighted by molar-refractivity contribution is 5.54. The maximum absolute atomic E-state index is 4.76. The minimum Gasteiger partial charge on any atom is -0.359 e. The third-order valence-electron chi connectivity index (χ3n) is 3.72. The highest BCUT2D eigenvalue weighted by Gasteiger charge is 2.18. The lowest BCUT2D eigenvalue weighted by molar-refractivity contribution is 0.731. The average molecular weight is 286 g/mol. The van der Waals surface area contributed by atoms with Gasteiger partial charge in [-0.1, -0.05) is 31.5 Å². The number of para-hydroxylation sites is 1. The number of anilines is 1. The maximum Gasteiger partial charge on any atom is 0.136 e. The van der Waals surface area contributed by atoms with Crippen LogP contribution in [-0.2, 0) is 6.54 Å². The highest BCUT2D eigenvalue weighted by Crippen LogP contribution is 2.26. The molecule has 21 heavy (non-hydrogen) atoms. The summed E-state index contributed by atoms with van der Waals surface area (Å²) >= 11 is 0. The number of nitrogens with one attached hydrogen (secondary N) is 1. The number of benzene rings is 1. The van der Waals surface area contributed by atoms with Crippen molar-refractivity contribution in [2.75, 3.05) is 25.5 Å². The summed E-state index contributed by atoms with van der Waals surface area (Å²) in [5, 5.41) is 8.02. The molecule has 0 amide bonds. The van der Waals surface area contributed by atoms with E-state index in [-0.39, 0.29) is 0 Å². The van der Waals surface area contributed by atoms with Gasteiger partial charge in [0.2, 0.25) is 0 Å². The minimum absolute atomic E-state index is 0.838. The second-order valence-corrected chi connectivity index (χ2v) is 5.44. The smallest absolute Gasteiger partial charge is 0.136 e. The van der Waals surface area contributed by atoms with Crippen LogP contribution in [0.15, 0.2) is 30.3 Å². The molecule has 0 spiro atoms. The van der Waals surface area contributed by atoms with Gasteiger partial charge in [-0.15, -0.1) is 0 Å². The lowest BCUT2D eigenvalue weighted by atomic mass is 10.2. The Hall–Kier alpha value is -1.81. The van der Waals surface area contributed by atoms with Crippen LogP contribution >= 0.6 is 0 Å². The zero-order chi connectivity index (χ0) is 15.2. The molecule has 0 aliphatic heterocycles. The van der Waals surface area contributed by atoms with Crippen LogP contribution in [0.4, 0.5) is 5.82 Å². The Kier molecular flexibility index (Phi) is 5.39. The van der Waals surface area contributed by atoms with E-state index in [0.29, 0.717) is 0 Å². The molecule has 1 aromatic heterocycles. The molecule has 0 unspecified atom stereocenters. The van der Waals surface area contributed by atoms with Gasteiger partial charge in [-0.2, -0.15) is 5.10 Å². The number of aromatic nitrogens is 2. The van der Waals surface area contributed by atoms with E-state index in [1.54, 1.807) is 0 Å². The van der Waals surface area contributed by atoms with Crippen LogP contribution < -0.4 is 10.2 Å². The number of nitrogens with zero attached hydrogens (tertiary/aromatic N) is 3. The van der Waals surface area contributed by atoms with Crippen molar-refractivity contribution in [2.24, 2.45) is 0 Å². The Balaban J connectivity index is 2.47. The summed E-state index contributed by atoms with van der Waals surface area (Å²) in [4.78, 5) is 2.32. The number of rotatable bonds is 7. The van der Waals surface area contributed by atoms with Crippen molar-refractivity contribution < 1.29 is 0 Å². The van der Waals surface area contributed by atoms with E-state index in [0.717, 1.165) is 24.5 Å². The van der Waals surface area contributed by atoms with E-state index in [1.165, 1.54) is 24.2 Å². The van der Waals surface area contributed by atoms with Gasteiger partial charge in [0.15, 0.2) is 0 Å². The normalized spacial score (nSPS) is 10.9.